The topological polar surface area (TPSA) is 40.5 Å². The van der Waals surface area contributed by atoms with Crippen molar-refractivity contribution in [3.63, 3.8) is 0 Å². The van der Waals surface area contributed by atoms with E-state index in [0.717, 1.165) is 37.9 Å². The number of benzene rings is 1. The van der Waals surface area contributed by atoms with Crippen LogP contribution in [0.5, 0.6) is 0 Å². The Hall–Kier alpha value is -1.14. The van der Waals surface area contributed by atoms with E-state index in [4.69, 9.17) is 5.11 Å². The zero-order valence-electron chi connectivity index (χ0n) is 11.7. The molecule has 1 aliphatic rings. The summed E-state index contributed by atoms with van der Waals surface area (Å²) in [6, 6.07) is 3.86. The number of rotatable bonds is 6. The molecule has 0 bridgehead atoms. The third-order valence-corrected chi connectivity index (χ3v) is 4.62. The number of aliphatic hydroxyl groups is 1. The fourth-order valence-corrected chi connectivity index (χ4v) is 3.39. The SMILES string of the molecule is O=C(CSc1ccc(F)c(F)c1)N1CCCC1CCCO. The number of likely N-dealkylation sites (tertiary alicyclic amines) is 1. The molecule has 0 radical (unpaired) electrons. The first-order valence-electron chi connectivity index (χ1n) is 7.10. The van der Waals surface area contributed by atoms with Crippen LogP contribution in [0.3, 0.4) is 0 Å². The van der Waals surface area contributed by atoms with Gasteiger partial charge in [0.05, 0.1) is 5.75 Å². The molecule has 6 heteroatoms. The van der Waals surface area contributed by atoms with Crippen LogP contribution in [-0.4, -0.2) is 40.9 Å². The molecule has 1 atom stereocenters. The average molecular weight is 315 g/mol. The van der Waals surface area contributed by atoms with Gasteiger partial charge in [0.25, 0.3) is 0 Å². The van der Waals surface area contributed by atoms with Crippen LogP contribution in [0.1, 0.15) is 25.7 Å². The molecule has 0 aromatic heterocycles. The van der Waals surface area contributed by atoms with Crippen LogP contribution in [0.15, 0.2) is 23.1 Å². The molecule has 1 heterocycles. The number of amides is 1. The Balaban J connectivity index is 1.87. The summed E-state index contributed by atoms with van der Waals surface area (Å²) in [7, 11) is 0. The van der Waals surface area contributed by atoms with Gasteiger partial charge < -0.3 is 10.0 Å². The number of carbonyl (C=O) groups is 1. The van der Waals surface area contributed by atoms with Gasteiger partial charge in [-0.3, -0.25) is 4.79 Å². The van der Waals surface area contributed by atoms with Crippen molar-refractivity contribution in [2.45, 2.75) is 36.6 Å². The molecular weight excluding hydrogens is 296 g/mol. The summed E-state index contributed by atoms with van der Waals surface area (Å²) in [5.74, 6) is -1.53. The number of hydrogen-bond acceptors (Lipinski definition) is 3. The molecule has 21 heavy (non-hydrogen) atoms. The number of nitrogens with zero attached hydrogens (tertiary/aromatic N) is 1. The second-order valence-corrected chi connectivity index (χ2v) is 6.16. The minimum absolute atomic E-state index is 0.0187. The van der Waals surface area contributed by atoms with Crippen molar-refractivity contribution in [3.05, 3.63) is 29.8 Å². The van der Waals surface area contributed by atoms with Crippen LogP contribution in [0.4, 0.5) is 8.78 Å². The van der Waals surface area contributed by atoms with Crippen LogP contribution < -0.4 is 0 Å². The molecule has 1 unspecified atom stereocenters. The van der Waals surface area contributed by atoms with E-state index >= 15 is 0 Å². The molecule has 2 rings (SSSR count). The monoisotopic (exact) mass is 315 g/mol. The number of carbonyl (C=O) groups excluding carboxylic acids is 1. The second-order valence-electron chi connectivity index (χ2n) is 5.11. The summed E-state index contributed by atoms with van der Waals surface area (Å²) in [6.45, 7) is 0.884. The Morgan fingerprint density at radius 3 is 2.90 bits per heavy atom. The molecule has 0 spiro atoms. The van der Waals surface area contributed by atoms with Crippen molar-refractivity contribution in [1.82, 2.24) is 4.90 Å². The van der Waals surface area contributed by atoms with Crippen molar-refractivity contribution in [2.24, 2.45) is 0 Å². The van der Waals surface area contributed by atoms with Gasteiger partial charge in [-0.25, -0.2) is 8.78 Å². The summed E-state index contributed by atoms with van der Waals surface area (Å²) >= 11 is 1.22. The maximum atomic E-state index is 13.1. The Morgan fingerprint density at radius 1 is 1.38 bits per heavy atom. The smallest absolute Gasteiger partial charge is 0.233 e. The van der Waals surface area contributed by atoms with Crippen LogP contribution in [0.25, 0.3) is 0 Å². The van der Waals surface area contributed by atoms with E-state index in [-0.39, 0.29) is 24.3 Å². The van der Waals surface area contributed by atoms with E-state index in [0.29, 0.717) is 11.3 Å². The van der Waals surface area contributed by atoms with Gasteiger partial charge in [-0.05, 0) is 43.9 Å². The zero-order valence-corrected chi connectivity index (χ0v) is 12.5. The van der Waals surface area contributed by atoms with Gasteiger partial charge in [0.15, 0.2) is 11.6 Å². The summed E-state index contributed by atoms with van der Waals surface area (Å²) in [5.41, 5.74) is 0. The van der Waals surface area contributed by atoms with E-state index in [1.165, 1.54) is 17.8 Å². The van der Waals surface area contributed by atoms with Gasteiger partial charge in [-0.1, -0.05) is 0 Å². The lowest BCUT2D eigenvalue weighted by molar-refractivity contribution is -0.129. The molecular formula is C15H19F2NO2S. The van der Waals surface area contributed by atoms with Crippen LogP contribution in [-0.2, 0) is 4.79 Å². The number of halogens is 2. The normalized spacial score (nSPS) is 18.2. The quantitative estimate of drug-likeness (QED) is 0.821. The predicted octanol–water partition coefficient (Wildman–Crippen LogP) is 2.82. The second kappa shape index (κ2) is 7.75. The number of thioether (sulfide) groups is 1. The highest BCUT2D eigenvalue weighted by Gasteiger charge is 2.27. The Labute approximate surface area is 127 Å². The maximum Gasteiger partial charge on any atom is 0.233 e. The maximum absolute atomic E-state index is 13.1. The van der Waals surface area contributed by atoms with Gasteiger partial charge in [-0.2, -0.15) is 0 Å². The zero-order chi connectivity index (χ0) is 15.2. The lowest BCUT2D eigenvalue weighted by Crippen LogP contribution is -2.36. The average Bonchev–Trinajstić information content (AvgIpc) is 2.94. The molecule has 1 aliphatic heterocycles. The minimum Gasteiger partial charge on any atom is -0.396 e. The van der Waals surface area contributed by atoms with E-state index in [1.54, 1.807) is 0 Å². The molecule has 1 aromatic carbocycles. The molecule has 0 saturated carbocycles. The van der Waals surface area contributed by atoms with Crippen LogP contribution in [0.2, 0.25) is 0 Å². The fraction of sp³-hybridized carbons (Fsp3) is 0.533. The Kier molecular flexibility index (Phi) is 5.99. The molecule has 1 amide bonds. The van der Waals surface area contributed by atoms with Gasteiger partial charge >= 0.3 is 0 Å². The fourth-order valence-electron chi connectivity index (χ4n) is 2.59. The lowest BCUT2D eigenvalue weighted by atomic mass is 10.1. The largest absolute Gasteiger partial charge is 0.396 e. The van der Waals surface area contributed by atoms with Gasteiger partial charge in [0.1, 0.15) is 0 Å². The number of hydrogen-bond donors (Lipinski definition) is 1. The predicted molar refractivity (Wildman–Crippen MR) is 78.1 cm³/mol. The van der Waals surface area contributed by atoms with Crippen LogP contribution in [0, 0.1) is 11.6 Å². The van der Waals surface area contributed by atoms with E-state index in [2.05, 4.69) is 0 Å². The highest BCUT2D eigenvalue weighted by Crippen LogP contribution is 2.25. The third kappa shape index (κ3) is 4.41. The highest BCUT2D eigenvalue weighted by atomic mass is 32.2. The summed E-state index contributed by atoms with van der Waals surface area (Å²) in [4.78, 5) is 14.6. The highest BCUT2D eigenvalue weighted by molar-refractivity contribution is 8.00. The first-order valence-corrected chi connectivity index (χ1v) is 8.08. The van der Waals surface area contributed by atoms with E-state index in [1.807, 2.05) is 4.90 Å². The molecule has 1 fully saturated rings. The standard InChI is InChI=1S/C15H19F2NO2S/c16-13-6-5-12(9-14(13)17)21-10-15(20)18-7-1-3-11(18)4-2-8-19/h5-6,9,11,19H,1-4,7-8,10H2. The first-order chi connectivity index (χ1) is 10.1. The van der Waals surface area contributed by atoms with Crippen molar-refractivity contribution in [2.75, 3.05) is 18.9 Å². The first kappa shape index (κ1) is 16.2. The summed E-state index contributed by atoms with van der Waals surface area (Å²) in [6.07, 6.45) is 3.47. The van der Waals surface area contributed by atoms with Crippen molar-refractivity contribution >= 4 is 17.7 Å². The molecule has 1 saturated heterocycles. The van der Waals surface area contributed by atoms with Gasteiger partial charge in [0.2, 0.25) is 5.91 Å². The molecule has 3 nitrogen and oxygen atoms in total. The molecule has 1 N–H and O–H groups in total. The van der Waals surface area contributed by atoms with Gasteiger partial charge in [-0.15, -0.1) is 11.8 Å². The third-order valence-electron chi connectivity index (χ3n) is 3.65. The van der Waals surface area contributed by atoms with Crippen molar-refractivity contribution in [3.8, 4) is 0 Å². The molecule has 116 valence electrons. The summed E-state index contributed by atoms with van der Waals surface area (Å²) < 4.78 is 25.9. The van der Waals surface area contributed by atoms with E-state index in [9.17, 15) is 13.6 Å². The van der Waals surface area contributed by atoms with Crippen molar-refractivity contribution < 1.29 is 18.7 Å². The lowest BCUT2D eigenvalue weighted by Gasteiger charge is -2.24. The van der Waals surface area contributed by atoms with Crippen LogP contribution >= 0.6 is 11.8 Å². The molecule has 1 aromatic rings. The minimum atomic E-state index is -0.894. The van der Waals surface area contributed by atoms with Crippen molar-refractivity contribution in [1.29, 1.82) is 0 Å². The van der Waals surface area contributed by atoms with Gasteiger partial charge in [0, 0.05) is 24.1 Å². The number of aliphatic hydroxyl groups excluding tert-OH is 1. The Morgan fingerprint density at radius 2 is 2.19 bits per heavy atom. The molecule has 0 aliphatic carbocycles. The van der Waals surface area contributed by atoms with E-state index < -0.39 is 11.6 Å². The summed E-state index contributed by atoms with van der Waals surface area (Å²) in [5, 5.41) is 8.88. The Bertz CT molecular complexity index is 499.